The molecule has 1 aliphatic rings. The van der Waals surface area contributed by atoms with E-state index in [1.54, 1.807) is 6.92 Å². The van der Waals surface area contributed by atoms with Crippen molar-refractivity contribution in [1.82, 2.24) is 9.80 Å². The minimum Gasteiger partial charge on any atom is -0.343 e. The number of hydrogen-bond acceptors (Lipinski definition) is 2. The number of carbonyl (C=O) groups excluding carboxylic acids is 2. The molecule has 0 saturated carbocycles. The summed E-state index contributed by atoms with van der Waals surface area (Å²) in [5.41, 5.74) is 0.818. The van der Waals surface area contributed by atoms with Crippen molar-refractivity contribution in [3.05, 3.63) is 30.3 Å². The number of nitrogens with one attached hydrogen (secondary N) is 1. The number of urea groups is 1. The summed E-state index contributed by atoms with van der Waals surface area (Å²) in [6, 6.07) is 9.72. The summed E-state index contributed by atoms with van der Waals surface area (Å²) in [6.45, 7) is 8.17. The van der Waals surface area contributed by atoms with Gasteiger partial charge in [0.15, 0.2) is 0 Å². The first-order chi connectivity index (χ1) is 11.5. The lowest BCUT2D eigenvalue weighted by molar-refractivity contribution is -0.130. The van der Waals surface area contributed by atoms with E-state index in [9.17, 15) is 9.59 Å². The van der Waals surface area contributed by atoms with Gasteiger partial charge in [0.05, 0.1) is 0 Å². The maximum absolute atomic E-state index is 12.8. The van der Waals surface area contributed by atoms with Crippen molar-refractivity contribution in [1.29, 1.82) is 0 Å². The highest BCUT2D eigenvalue weighted by atomic mass is 16.2. The Kier molecular flexibility index (Phi) is 6.64. The lowest BCUT2D eigenvalue weighted by atomic mass is 10.0. The number of para-hydroxylation sites is 1. The molecule has 1 aliphatic heterocycles. The van der Waals surface area contributed by atoms with Crippen LogP contribution in [0.15, 0.2) is 30.3 Å². The fraction of sp³-hybridized carbons (Fsp3) is 0.579. The molecule has 1 fully saturated rings. The molecule has 1 aromatic carbocycles. The number of anilines is 1. The van der Waals surface area contributed by atoms with Gasteiger partial charge in [0.25, 0.3) is 0 Å². The second-order valence-electron chi connectivity index (χ2n) is 6.91. The van der Waals surface area contributed by atoms with Crippen LogP contribution in [-0.4, -0.2) is 47.4 Å². The Bertz CT molecular complexity index is 537. The van der Waals surface area contributed by atoms with Gasteiger partial charge in [0.2, 0.25) is 5.91 Å². The summed E-state index contributed by atoms with van der Waals surface area (Å²) < 4.78 is 0. The van der Waals surface area contributed by atoms with Gasteiger partial charge >= 0.3 is 6.03 Å². The lowest BCUT2D eigenvalue weighted by Crippen LogP contribution is -2.50. The smallest absolute Gasteiger partial charge is 0.322 e. The summed E-state index contributed by atoms with van der Waals surface area (Å²) in [7, 11) is 0. The topological polar surface area (TPSA) is 52.7 Å². The van der Waals surface area contributed by atoms with E-state index in [0.29, 0.717) is 5.92 Å². The van der Waals surface area contributed by atoms with Gasteiger partial charge in [-0.2, -0.15) is 0 Å². The Morgan fingerprint density at radius 2 is 1.83 bits per heavy atom. The third-order valence-electron chi connectivity index (χ3n) is 4.58. The SMILES string of the molecule is CC(=O)N1CCC(N(CCC(C)C)C(=O)Nc2ccccc2)CC1. The van der Waals surface area contributed by atoms with E-state index >= 15 is 0 Å². The van der Waals surface area contributed by atoms with Crippen molar-refractivity contribution in [2.24, 2.45) is 5.92 Å². The number of benzene rings is 1. The zero-order valence-electron chi connectivity index (χ0n) is 15.0. The van der Waals surface area contributed by atoms with E-state index in [4.69, 9.17) is 0 Å². The minimum atomic E-state index is -0.0388. The third kappa shape index (κ3) is 5.25. The molecule has 5 nitrogen and oxygen atoms in total. The van der Waals surface area contributed by atoms with Crippen molar-refractivity contribution in [3.8, 4) is 0 Å². The van der Waals surface area contributed by atoms with Crippen LogP contribution in [-0.2, 0) is 4.79 Å². The van der Waals surface area contributed by atoms with Crippen LogP contribution in [0, 0.1) is 5.92 Å². The van der Waals surface area contributed by atoms with Gasteiger partial charge in [0, 0.05) is 38.3 Å². The first kappa shape index (κ1) is 18.3. The van der Waals surface area contributed by atoms with Crippen LogP contribution in [0.4, 0.5) is 10.5 Å². The molecule has 5 heteroatoms. The first-order valence-electron chi connectivity index (χ1n) is 8.85. The maximum atomic E-state index is 12.8. The van der Waals surface area contributed by atoms with E-state index in [0.717, 1.165) is 44.6 Å². The molecule has 0 unspecified atom stereocenters. The van der Waals surface area contributed by atoms with Crippen LogP contribution in [0.5, 0.6) is 0 Å². The minimum absolute atomic E-state index is 0.0388. The van der Waals surface area contributed by atoms with E-state index in [1.807, 2.05) is 40.1 Å². The fourth-order valence-electron chi connectivity index (χ4n) is 3.06. The number of nitrogens with zero attached hydrogens (tertiary/aromatic N) is 2. The van der Waals surface area contributed by atoms with Gasteiger partial charge in [-0.05, 0) is 37.3 Å². The van der Waals surface area contributed by atoms with Crippen molar-refractivity contribution in [2.45, 2.75) is 46.1 Å². The number of carbonyl (C=O) groups is 2. The number of amides is 3. The van der Waals surface area contributed by atoms with Crippen molar-refractivity contribution >= 4 is 17.6 Å². The molecular weight excluding hydrogens is 302 g/mol. The van der Waals surface area contributed by atoms with Gasteiger partial charge < -0.3 is 15.1 Å². The zero-order chi connectivity index (χ0) is 17.5. The van der Waals surface area contributed by atoms with Gasteiger partial charge in [-0.1, -0.05) is 32.0 Å². The average molecular weight is 331 g/mol. The van der Waals surface area contributed by atoms with Gasteiger partial charge in [-0.15, -0.1) is 0 Å². The highest BCUT2D eigenvalue weighted by Crippen LogP contribution is 2.19. The monoisotopic (exact) mass is 331 g/mol. The number of piperidine rings is 1. The predicted octanol–water partition coefficient (Wildman–Crippen LogP) is 3.58. The molecule has 0 radical (unpaired) electrons. The molecule has 0 aromatic heterocycles. The lowest BCUT2D eigenvalue weighted by Gasteiger charge is -2.38. The Balaban J connectivity index is 2.01. The van der Waals surface area contributed by atoms with Gasteiger partial charge in [-0.3, -0.25) is 4.79 Å². The summed E-state index contributed by atoms with van der Waals surface area (Å²) in [5.74, 6) is 0.672. The highest BCUT2D eigenvalue weighted by molar-refractivity contribution is 5.89. The Morgan fingerprint density at radius 1 is 1.21 bits per heavy atom. The molecule has 0 bridgehead atoms. The van der Waals surface area contributed by atoms with Gasteiger partial charge in [-0.25, -0.2) is 4.79 Å². The van der Waals surface area contributed by atoms with Crippen LogP contribution in [0.2, 0.25) is 0 Å². The second-order valence-corrected chi connectivity index (χ2v) is 6.91. The van der Waals surface area contributed by atoms with E-state index < -0.39 is 0 Å². The van der Waals surface area contributed by atoms with E-state index in [2.05, 4.69) is 19.2 Å². The standard InChI is InChI=1S/C19H29N3O2/c1-15(2)9-14-22(18-10-12-21(13-11-18)16(3)23)19(24)20-17-7-5-4-6-8-17/h4-8,15,18H,9-14H2,1-3H3,(H,20,24). The summed E-state index contributed by atoms with van der Waals surface area (Å²) >= 11 is 0. The average Bonchev–Trinajstić information content (AvgIpc) is 2.56. The summed E-state index contributed by atoms with van der Waals surface area (Å²) in [6.07, 6.45) is 2.68. The maximum Gasteiger partial charge on any atom is 0.322 e. The summed E-state index contributed by atoms with van der Waals surface area (Å²) in [4.78, 5) is 28.1. The first-order valence-corrected chi connectivity index (χ1v) is 8.85. The molecule has 1 aromatic rings. The summed E-state index contributed by atoms with van der Waals surface area (Å²) in [5, 5.41) is 3.00. The Labute approximate surface area is 145 Å². The molecule has 3 amide bonds. The normalized spacial score (nSPS) is 15.4. The van der Waals surface area contributed by atoms with E-state index in [1.165, 1.54) is 0 Å². The second kappa shape index (κ2) is 8.71. The van der Waals surface area contributed by atoms with Crippen LogP contribution in [0.25, 0.3) is 0 Å². The molecule has 1 N–H and O–H groups in total. The zero-order valence-corrected chi connectivity index (χ0v) is 15.0. The predicted molar refractivity (Wildman–Crippen MR) is 96.9 cm³/mol. The van der Waals surface area contributed by atoms with Crippen LogP contribution in [0.3, 0.4) is 0 Å². The van der Waals surface area contributed by atoms with Crippen molar-refractivity contribution < 1.29 is 9.59 Å². The van der Waals surface area contributed by atoms with Gasteiger partial charge in [0.1, 0.15) is 0 Å². The Morgan fingerprint density at radius 3 is 2.38 bits per heavy atom. The molecule has 1 heterocycles. The third-order valence-corrected chi connectivity index (χ3v) is 4.58. The molecule has 132 valence electrons. The van der Waals surface area contributed by atoms with E-state index in [-0.39, 0.29) is 18.0 Å². The number of likely N-dealkylation sites (tertiary alicyclic amines) is 1. The molecule has 2 rings (SSSR count). The quantitative estimate of drug-likeness (QED) is 0.896. The largest absolute Gasteiger partial charge is 0.343 e. The van der Waals surface area contributed by atoms with Crippen LogP contribution < -0.4 is 5.32 Å². The Hall–Kier alpha value is -2.04. The molecule has 1 saturated heterocycles. The number of rotatable bonds is 5. The molecular formula is C19H29N3O2. The molecule has 0 atom stereocenters. The van der Waals surface area contributed by atoms with Crippen LogP contribution in [0.1, 0.15) is 40.0 Å². The number of hydrogen-bond donors (Lipinski definition) is 1. The fourth-order valence-corrected chi connectivity index (χ4v) is 3.06. The molecule has 24 heavy (non-hydrogen) atoms. The van der Waals surface area contributed by atoms with Crippen molar-refractivity contribution in [3.63, 3.8) is 0 Å². The molecule has 0 spiro atoms. The van der Waals surface area contributed by atoms with Crippen molar-refractivity contribution in [2.75, 3.05) is 25.0 Å². The molecule has 0 aliphatic carbocycles. The highest BCUT2D eigenvalue weighted by Gasteiger charge is 2.28. The van der Waals surface area contributed by atoms with Crippen LogP contribution >= 0.6 is 0 Å².